The third-order valence-electron chi connectivity index (χ3n) is 2.79. The number of hydrogen-bond acceptors (Lipinski definition) is 2. The van der Waals surface area contributed by atoms with Gasteiger partial charge in [-0.1, -0.05) is 28.1 Å². The highest BCUT2D eigenvalue weighted by atomic mass is 79.9. The summed E-state index contributed by atoms with van der Waals surface area (Å²) in [7, 11) is 0. The molecule has 0 unspecified atom stereocenters. The number of carbonyl (C=O) groups is 2. The summed E-state index contributed by atoms with van der Waals surface area (Å²) in [4.78, 5) is 22.7. The molecule has 0 aliphatic carbocycles. The molecule has 2 aromatic rings. The molecule has 0 aliphatic heterocycles. The number of hydrogen-bond donors (Lipinski definition) is 3. The van der Waals surface area contributed by atoms with Gasteiger partial charge in [-0.3, -0.25) is 4.79 Å². The van der Waals surface area contributed by atoms with Crippen molar-refractivity contribution in [1.82, 2.24) is 5.32 Å². The molecule has 0 heterocycles. The van der Waals surface area contributed by atoms with E-state index in [4.69, 9.17) is 5.73 Å². The number of anilines is 1. The molecule has 21 heavy (non-hydrogen) atoms. The first kappa shape index (κ1) is 15.1. The second-order valence-electron chi connectivity index (χ2n) is 4.38. The minimum atomic E-state index is -0.499. The van der Waals surface area contributed by atoms with Crippen LogP contribution in [0.3, 0.4) is 0 Å². The van der Waals surface area contributed by atoms with Crippen molar-refractivity contribution in [2.24, 2.45) is 5.73 Å². The second-order valence-corrected chi connectivity index (χ2v) is 5.29. The number of benzene rings is 2. The van der Waals surface area contributed by atoms with Gasteiger partial charge in [-0.05, 0) is 42.0 Å². The minimum Gasteiger partial charge on any atom is -0.366 e. The van der Waals surface area contributed by atoms with Crippen LogP contribution in [0.1, 0.15) is 15.9 Å². The molecule has 4 N–H and O–H groups in total. The van der Waals surface area contributed by atoms with Gasteiger partial charge in [-0.2, -0.15) is 0 Å². The van der Waals surface area contributed by atoms with Crippen LogP contribution in [0.2, 0.25) is 0 Å². The van der Waals surface area contributed by atoms with E-state index in [1.807, 2.05) is 24.3 Å². The van der Waals surface area contributed by atoms with E-state index in [2.05, 4.69) is 26.6 Å². The van der Waals surface area contributed by atoms with Crippen LogP contribution in [0.25, 0.3) is 0 Å². The van der Waals surface area contributed by atoms with Crippen LogP contribution in [-0.4, -0.2) is 11.9 Å². The highest BCUT2D eigenvalue weighted by molar-refractivity contribution is 9.10. The van der Waals surface area contributed by atoms with Crippen molar-refractivity contribution in [3.63, 3.8) is 0 Å². The molecule has 0 bridgehead atoms. The summed E-state index contributed by atoms with van der Waals surface area (Å²) < 4.78 is 0.991. The summed E-state index contributed by atoms with van der Waals surface area (Å²) in [6.07, 6.45) is 0. The highest BCUT2D eigenvalue weighted by Crippen LogP contribution is 2.11. The largest absolute Gasteiger partial charge is 0.366 e. The van der Waals surface area contributed by atoms with Crippen molar-refractivity contribution in [2.75, 3.05) is 5.32 Å². The van der Waals surface area contributed by atoms with Crippen molar-refractivity contribution in [1.29, 1.82) is 0 Å². The van der Waals surface area contributed by atoms with E-state index in [0.29, 0.717) is 17.8 Å². The Morgan fingerprint density at radius 2 is 1.62 bits per heavy atom. The lowest BCUT2D eigenvalue weighted by molar-refractivity contribution is 0.100. The van der Waals surface area contributed by atoms with E-state index in [1.54, 1.807) is 24.3 Å². The minimum absolute atomic E-state index is 0.315. The molecule has 0 spiro atoms. The standard InChI is InChI=1S/C15H14BrN3O2/c16-12-5-1-10(2-6-12)9-18-15(21)19-13-7-3-11(4-8-13)14(17)20/h1-8H,9H2,(H2,17,20)(H2,18,19,21). The average Bonchev–Trinajstić information content (AvgIpc) is 2.47. The van der Waals surface area contributed by atoms with Crippen molar-refractivity contribution < 1.29 is 9.59 Å². The summed E-state index contributed by atoms with van der Waals surface area (Å²) in [5, 5.41) is 5.43. The van der Waals surface area contributed by atoms with Crippen LogP contribution >= 0.6 is 15.9 Å². The molecule has 0 fully saturated rings. The third kappa shape index (κ3) is 4.61. The Kier molecular flexibility index (Phi) is 4.94. The summed E-state index contributed by atoms with van der Waals surface area (Å²) >= 11 is 3.35. The Bertz CT molecular complexity index is 639. The maximum Gasteiger partial charge on any atom is 0.319 e. The molecule has 0 aromatic heterocycles. The van der Waals surface area contributed by atoms with Gasteiger partial charge in [0.2, 0.25) is 5.91 Å². The monoisotopic (exact) mass is 347 g/mol. The summed E-state index contributed by atoms with van der Waals surface area (Å²) in [6, 6.07) is 13.7. The second kappa shape index (κ2) is 6.90. The first-order valence-corrected chi connectivity index (χ1v) is 7.03. The van der Waals surface area contributed by atoms with Gasteiger partial charge in [-0.25, -0.2) is 4.79 Å². The molecule has 0 saturated heterocycles. The van der Waals surface area contributed by atoms with Crippen LogP contribution < -0.4 is 16.4 Å². The quantitative estimate of drug-likeness (QED) is 0.794. The van der Waals surface area contributed by atoms with Crippen molar-refractivity contribution in [3.05, 3.63) is 64.1 Å². The van der Waals surface area contributed by atoms with E-state index >= 15 is 0 Å². The Hall–Kier alpha value is -2.34. The van der Waals surface area contributed by atoms with Gasteiger partial charge < -0.3 is 16.4 Å². The van der Waals surface area contributed by atoms with Gasteiger partial charge in [0.25, 0.3) is 0 Å². The molecular weight excluding hydrogens is 334 g/mol. The molecule has 0 saturated carbocycles. The van der Waals surface area contributed by atoms with Crippen molar-refractivity contribution in [2.45, 2.75) is 6.54 Å². The van der Waals surface area contributed by atoms with Gasteiger partial charge in [0.1, 0.15) is 0 Å². The van der Waals surface area contributed by atoms with Crippen LogP contribution in [0, 0.1) is 0 Å². The zero-order valence-electron chi connectivity index (χ0n) is 11.1. The third-order valence-corrected chi connectivity index (χ3v) is 3.32. The number of nitrogens with one attached hydrogen (secondary N) is 2. The van der Waals surface area contributed by atoms with Gasteiger partial charge in [0, 0.05) is 22.3 Å². The molecule has 2 rings (SSSR count). The van der Waals surface area contributed by atoms with Crippen molar-refractivity contribution in [3.8, 4) is 0 Å². The molecule has 3 amide bonds. The highest BCUT2D eigenvalue weighted by Gasteiger charge is 2.03. The molecular formula is C15H14BrN3O2. The van der Waals surface area contributed by atoms with E-state index < -0.39 is 5.91 Å². The maximum absolute atomic E-state index is 11.7. The van der Waals surface area contributed by atoms with Crippen molar-refractivity contribution >= 4 is 33.6 Å². The number of rotatable bonds is 4. The topological polar surface area (TPSA) is 84.2 Å². The fraction of sp³-hybridized carbons (Fsp3) is 0.0667. The number of carbonyl (C=O) groups excluding carboxylic acids is 2. The van der Waals surface area contributed by atoms with Gasteiger partial charge in [0.15, 0.2) is 0 Å². The number of primary amides is 1. The van der Waals surface area contributed by atoms with Crippen LogP contribution in [0.4, 0.5) is 10.5 Å². The Morgan fingerprint density at radius 1 is 1.00 bits per heavy atom. The number of nitrogens with two attached hydrogens (primary N) is 1. The lowest BCUT2D eigenvalue weighted by Crippen LogP contribution is -2.28. The average molecular weight is 348 g/mol. The lowest BCUT2D eigenvalue weighted by Gasteiger charge is -2.08. The number of urea groups is 1. The summed E-state index contributed by atoms with van der Waals surface area (Å²) in [5.41, 5.74) is 7.13. The first-order valence-electron chi connectivity index (χ1n) is 6.24. The van der Waals surface area contributed by atoms with Crippen LogP contribution in [-0.2, 0) is 6.54 Å². The smallest absolute Gasteiger partial charge is 0.319 e. The fourth-order valence-corrected chi connectivity index (χ4v) is 1.94. The zero-order valence-corrected chi connectivity index (χ0v) is 12.7. The van der Waals surface area contributed by atoms with Gasteiger partial charge in [0.05, 0.1) is 0 Å². The molecule has 2 aromatic carbocycles. The zero-order chi connectivity index (χ0) is 15.2. The van der Waals surface area contributed by atoms with Crippen LogP contribution in [0.5, 0.6) is 0 Å². The number of halogens is 1. The molecule has 0 atom stereocenters. The predicted molar refractivity (Wildman–Crippen MR) is 85.0 cm³/mol. The normalized spacial score (nSPS) is 9.95. The SMILES string of the molecule is NC(=O)c1ccc(NC(=O)NCc2ccc(Br)cc2)cc1. The Labute approximate surface area is 130 Å². The first-order chi connectivity index (χ1) is 10.0. The molecule has 0 radical (unpaired) electrons. The molecule has 108 valence electrons. The molecule has 0 aliphatic rings. The van der Waals surface area contributed by atoms with E-state index in [-0.39, 0.29) is 6.03 Å². The number of amides is 3. The predicted octanol–water partition coefficient (Wildman–Crippen LogP) is 2.87. The van der Waals surface area contributed by atoms with E-state index in [0.717, 1.165) is 10.0 Å². The lowest BCUT2D eigenvalue weighted by atomic mass is 10.2. The molecule has 6 heteroatoms. The maximum atomic E-state index is 11.7. The Morgan fingerprint density at radius 3 is 2.19 bits per heavy atom. The fourth-order valence-electron chi connectivity index (χ4n) is 1.68. The van der Waals surface area contributed by atoms with E-state index in [1.165, 1.54) is 0 Å². The summed E-state index contributed by atoms with van der Waals surface area (Å²) in [6.45, 7) is 0.429. The van der Waals surface area contributed by atoms with E-state index in [9.17, 15) is 9.59 Å². The van der Waals surface area contributed by atoms with Gasteiger partial charge >= 0.3 is 6.03 Å². The van der Waals surface area contributed by atoms with Gasteiger partial charge in [-0.15, -0.1) is 0 Å². The molecule has 5 nitrogen and oxygen atoms in total. The Balaban J connectivity index is 1.86. The summed E-state index contributed by atoms with van der Waals surface area (Å²) in [5.74, 6) is -0.499. The van der Waals surface area contributed by atoms with Crippen LogP contribution in [0.15, 0.2) is 53.0 Å².